The summed E-state index contributed by atoms with van der Waals surface area (Å²) in [7, 11) is -0.742. The molecule has 4 rings (SSSR count). The van der Waals surface area contributed by atoms with Crippen molar-refractivity contribution in [1.29, 1.82) is 0 Å². The molecule has 0 N–H and O–H groups in total. The minimum Gasteiger partial charge on any atom is -0.497 e. The van der Waals surface area contributed by atoms with Crippen LogP contribution in [0.4, 0.5) is 0 Å². The maximum absolute atomic E-state index is 13.3. The van der Waals surface area contributed by atoms with Gasteiger partial charge in [0, 0.05) is 36.0 Å². The van der Waals surface area contributed by atoms with Gasteiger partial charge in [0.25, 0.3) is 0 Å². The third kappa shape index (κ3) is 4.61. The van der Waals surface area contributed by atoms with E-state index in [4.69, 9.17) is 37.7 Å². The predicted octanol–water partition coefficient (Wildman–Crippen LogP) is 5.70. The van der Waals surface area contributed by atoms with Gasteiger partial charge in [0.2, 0.25) is 10.0 Å². The number of nitrogens with zero attached hydrogens (tertiary/aromatic N) is 2. The molecule has 1 saturated heterocycles. The van der Waals surface area contributed by atoms with E-state index >= 15 is 0 Å². The fourth-order valence-electron chi connectivity index (χ4n) is 3.73. The van der Waals surface area contributed by atoms with Crippen molar-refractivity contribution in [1.82, 2.24) is 9.29 Å². The first kappa shape index (κ1) is 23.3. The van der Waals surface area contributed by atoms with Gasteiger partial charge in [-0.1, -0.05) is 29.3 Å². The lowest BCUT2D eigenvalue weighted by Gasteiger charge is -2.30. The number of hydrogen-bond donors (Lipinski definition) is 0. The Kier molecular flexibility index (Phi) is 6.97. The molecule has 32 heavy (non-hydrogen) atoms. The number of ether oxygens (including phenoxy) is 2. The Hall–Kier alpha value is -1.84. The third-order valence-electron chi connectivity index (χ3n) is 5.53. The van der Waals surface area contributed by atoms with E-state index in [-0.39, 0.29) is 10.8 Å². The van der Waals surface area contributed by atoms with E-state index in [9.17, 15) is 8.42 Å². The van der Waals surface area contributed by atoms with Gasteiger partial charge in [-0.15, -0.1) is 11.3 Å². The van der Waals surface area contributed by atoms with E-state index in [0.717, 1.165) is 16.3 Å². The first-order valence-electron chi connectivity index (χ1n) is 9.96. The highest BCUT2D eigenvalue weighted by Gasteiger charge is 2.33. The molecule has 3 aromatic rings. The Labute approximate surface area is 201 Å². The van der Waals surface area contributed by atoms with Gasteiger partial charge in [-0.25, -0.2) is 13.4 Å². The molecule has 2 heterocycles. The van der Waals surface area contributed by atoms with Gasteiger partial charge in [-0.3, -0.25) is 0 Å². The van der Waals surface area contributed by atoms with Crippen LogP contribution in [0.2, 0.25) is 10.0 Å². The lowest BCUT2D eigenvalue weighted by Crippen LogP contribution is -2.38. The van der Waals surface area contributed by atoms with Crippen molar-refractivity contribution in [2.24, 2.45) is 0 Å². The van der Waals surface area contributed by atoms with E-state index in [1.807, 2.05) is 11.4 Å². The summed E-state index contributed by atoms with van der Waals surface area (Å²) in [6, 6.07) is 10.2. The van der Waals surface area contributed by atoms with Crippen LogP contribution >= 0.6 is 34.5 Å². The molecule has 1 aliphatic heterocycles. The quantitative estimate of drug-likeness (QED) is 0.423. The van der Waals surface area contributed by atoms with Crippen molar-refractivity contribution in [2.75, 3.05) is 27.3 Å². The predicted molar refractivity (Wildman–Crippen MR) is 128 cm³/mol. The Morgan fingerprint density at radius 2 is 1.78 bits per heavy atom. The van der Waals surface area contributed by atoms with Gasteiger partial charge in [0.05, 0.1) is 35.0 Å². The van der Waals surface area contributed by atoms with Gasteiger partial charge < -0.3 is 9.47 Å². The molecule has 0 aliphatic carbocycles. The summed E-state index contributed by atoms with van der Waals surface area (Å²) >= 11 is 13.7. The van der Waals surface area contributed by atoms with Crippen molar-refractivity contribution >= 4 is 44.6 Å². The largest absolute Gasteiger partial charge is 0.497 e. The number of hydrogen-bond acceptors (Lipinski definition) is 6. The van der Waals surface area contributed by atoms with Crippen LogP contribution in [0.5, 0.6) is 11.5 Å². The Morgan fingerprint density at radius 3 is 2.44 bits per heavy atom. The van der Waals surface area contributed by atoms with E-state index in [0.29, 0.717) is 47.5 Å². The second kappa shape index (κ2) is 9.57. The van der Waals surface area contributed by atoms with Crippen molar-refractivity contribution in [2.45, 2.75) is 23.7 Å². The summed E-state index contributed by atoms with van der Waals surface area (Å²) in [5.74, 6) is 0.978. The van der Waals surface area contributed by atoms with Gasteiger partial charge in [-0.05, 0) is 37.1 Å². The summed E-state index contributed by atoms with van der Waals surface area (Å²) in [5, 5.41) is 4.00. The van der Waals surface area contributed by atoms with E-state index in [2.05, 4.69) is 0 Å². The standard InChI is InChI=1S/C22H22Cl2N2O4S2/c1-29-16-4-6-20(30-2)21(12-16)32(27,28)26-9-7-14(8-10-26)22-25-19(13-31-22)15-3-5-17(23)18(24)11-15/h3-6,11-14H,7-10H2,1-2H3. The molecule has 10 heteroatoms. The van der Waals surface area contributed by atoms with Gasteiger partial charge in [-0.2, -0.15) is 4.31 Å². The van der Waals surface area contributed by atoms with Crippen molar-refractivity contribution in [3.63, 3.8) is 0 Å². The summed E-state index contributed by atoms with van der Waals surface area (Å²) in [5.41, 5.74) is 1.76. The molecule has 170 valence electrons. The maximum atomic E-state index is 13.3. The van der Waals surface area contributed by atoms with Gasteiger partial charge in [0.1, 0.15) is 16.4 Å². The minimum atomic E-state index is -3.71. The number of halogens is 2. The molecule has 0 radical (unpaired) electrons. The molecule has 0 unspecified atom stereocenters. The van der Waals surface area contributed by atoms with Crippen LogP contribution in [0.25, 0.3) is 11.3 Å². The van der Waals surface area contributed by atoms with Crippen LogP contribution in [0.15, 0.2) is 46.7 Å². The number of sulfonamides is 1. The molecule has 0 saturated carbocycles. The SMILES string of the molecule is COc1ccc(OC)c(S(=O)(=O)N2CCC(c3nc(-c4ccc(Cl)c(Cl)c4)cs3)CC2)c1. The number of methoxy groups -OCH3 is 2. The zero-order valence-corrected chi connectivity index (χ0v) is 20.7. The van der Waals surface area contributed by atoms with Gasteiger partial charge >= 0.3 is 0 Å². The molecule has 1 fully saturated rings. The van der Waals surface area contributed by atoms with Gasteiger partial charge in [0.15, 0.2) is 0 Å². The average Bonchev–Trinajstić information content (AvgIpc) is 3.31. The third-order valence-corrected chi connectivity index (χ3v) is 9.20. The average molecular weight is 513 g/mol. The topological polar surface area (TPSA) is 68.7 Å². The molecule has 0 atom stereocenters. The zero-order valence-electron chi connectivity index (χ0n) is 17.5. The lowest BCUT2D eigenvalue weighted by molar-refractivity contribution is 0.316. The second-order valence-electron chi connectivity index (χ2n) is 7.40. The second-order valence-corrected chi connectivity index (χ2v) is 11.0. The number of thiazole rings is 1. The maximum Gasteiger partial charge on any atom is 0.246 e. The van der Waals surface area contributed by atoms with E-state index in [1.165, 1.54) is 24.6 Å². The Morgan fingerprint density at radius 1 is 1.03 bits per heavy atom. The van der Waals surface area contributed by atoms with Crippen molar-refractivity contribution in [3.8, 4) is 22.8 Å². The number of aromatic nitrogens is 1. The molecule has 0 spiro atoms. The number of piperidine rings is 1. The molecular weight excluding hydrogens is 491 g/mol. The molecule has 1 aliphatic rings. The first-order valence-corrected chi connectivity index (χ1v) is 13.0. The highest BCUT2D eigenvalue weighted by molar-refractivity contribution is 7.89. The Bertz CT molecular complexity index is 1220. The van der Waals surface area contributed by atoms with Crippen molar-refractivity contribution < 1.29 is 17.9 Å². The summed E-state index contributed by atoms with van der Waals surface area (Å²) < 4.78 is 38.6. The van der Waals surface area contributed by atoms with Crippen LogP contribution in [-0.4, -0.2) is 45.0 Å². The van der Waals surface area contributed by atoms with Crippen LogP contribution in [0.3, 0.4) is 0 Å². The van der Waals surface area contributed by atoms with Crippen molar-refractivity contribution in [3.05, 3.63) is 56.8 Å². The normalized spacial score (nSPS) is 15.6. The highest BCUT2D eigenvalue weighted by atomic mass is 35.5. The first-order chi connectivity index (χ1) is 15.3. The summed E-state index contributed by atoms with van der Waals surface area (Å²) in [6.07, 6.45) is 1.39. The van der Waals surface area contributed by atoms with Crippen LogP contribution in [-0.2, 0) is 10.0 Å². The zero-order chi connectivity index (χ0) is 22.9. The summed E-state index contributed by atoms with van der Waals surface area (Å²) in [4.78, 5) is 4.90. The van der Waals surface area contributed by atoms with E-state index in [1.54, 1.807) is 35.6 Å². The molecular formula is C22H22Cl2N2O4S2. The van der Waals surface area contributed by atoms with Crippen LogP contribution < -0.4 is 9.47 Å². The lowest BCUT2D eigenvalue weighted by atomic mass is 9.99. The molecule has 2 aromatic carbocycles. The Balaban J connectivity index is 1.49. The van der Waals surface area contributed by atoms with Crippen LogP contribution in [0, 0.1) is 0 Å². The fraction of sp³-hybridized carbons (Fsp3) is 0.318. The molecule has 0 bridgehead atoms. The monoisotopic (exact) mass is 512 g/mol. The molecule has 1 aromatic heterocycles. The molecule has 6 nitrogen and oxygen atoms in total. The highest BCUT2D eigenvalue weighted by Crippen LogP contribution is 2.37. The number of rotatable bonds is 6. The number of benzene rings is 2. The molecule has 0 amide bonds. The minimum absolute atomic E-state index is 0.119. The summed E-state index contributed by atoms with van der Waals surface area (Å²) in [6.45, 7) is 0.824. The van der Waals surface area contributed by atoms with E-state index < -0.39 is 10.0 Å². The smallest absolute Gasteiger partial charge is 0.246 e. The fourth-order valence-corrected chi connectivity index (χ4v) is 6.67. The van der Waals surface area contributed by atoms with Crippen LogP contribution in [0.1, 0.15) is 23.8 Å².